The van der Waals surface area contributed by atoms with Crippen molar-refractivity contribution in [2.24, 2.45) is 0 Å². The van der Waals surface area contributed by atoms with E-state index in [-0.39, 0.29) is 10.0 Å². The molecule has 2 fully saturated rings. The largest absolute Gasteiger partial charge is 0.234 e. The average Bonchev–Trinajstić information content (AvgIpc) is 2.24. The van der Waals surface area contributed by atoms with Crippen LogP contribution >= 0.6 is 10.0 Å². The Morgan fingerprint density at radius 2 is 2.00 bits per heavy atom. The van der Waals surface area contributed by atoms with E-state index in [0.29, 0.717) is 0 Å². The number of hydrogen-bond acceptors (Lipinski definition) is 0. The summed E-state index contributed by atoms with van der Waals surface area (Å²) in [6.45, 7) is 2.34. The van der Waals surface area contributed by atoms with Crippen molar-refractivity contribution >= 4 is 10.0 Å². The lowest BCUT2D eigenvalue weighted by Gasteiger charge is -1.89. The number of hydrogen-bond donors (Lipinski definition) is 0. The number of fused-ring (bicyclic) bond motifs is 1. The van der Waals surface area contributed by atoms with Gasteiger partial charge in [0, 0.05) is 4.75 Å². The van der Waals surface area contributed by atoms with Crippen LogP contribution in [0.25, 0.3) is 0 Å². The van der Waals surface area contributed by atoms with Gasteiger partial charge in [0.25, 0.3) is 0 Å². The van der Waals surface area contributed by atoms with E-state index in [1.54, 1.807) is 11.5 Å². The van der Waals surface area contributed by atoms with Gasteiger partial charge in [0.1, 0.15) is 0 Å². The molecule has 0 atom stereocenters. The van der Waals surface area contributed by atoms with Crippen molar-refractivity contribution in [3.63, 3.8) is 0 Å². The molecule has 1 heteroatoms. The zero-order valence-corrected chi connectivity index (χ0v) is 5.85. The summed E-state index contributed by atoms with van der Waals surface area (Å²) in [5.74, 6) is 3.24. The van der Waals surface area contributed by atoms with Crippen molar-refractivity contribution in [3.05, 3.63) is 0 Å². The van der Waals surface area contributed by atoms with Gasteiger partial charge in [-0.05, 0) is 24.2 Å². The molecule has 2 aliphatic rings. The fraction of sp³-hybridized carbons (Fsp3) is 1.00. The minimum atomic E-state index is 0.138. The van der Waals surface area contributed by atoms with Crippen molar-refractivity contribution in [1.29, 1.82) is 0 Å². The van der Waals surface area contributed by atoms with Crippen molar-refractivity contribution in [3.8, 4) is 0 Å². The molecule has 0 aromatic carbocycles. The van der Waals surface area contributed by atoms with E-state index in [0.717, 1.165) is 4.75 Å². The van der Waals surface area contributed by atoms with Crippen LogP contribution in [0.1, 0.15) is 13.3 Å². The zero-order valence-electron chi connectivity index (χ0n) is 5.03. The molecule has 2 heterocycles. The quantitative estimate of drug-likeness (QED) is 0.456. The van der Waals surface area contributed by atoms with Crippen LogP contribution in [0.2, 0.25) is 0 Å². The van der Waals surface area contributed by atoms with Gasteiger partial charge in [-0.2, -0.15) is 0 Å². The maximum absolute atomic E-state index is 2.50. The second kappa shape index (κ2) is 0.771. The van der Waals surface area contributed by atoms with Gasteiger partial charge in [0.15, 0.2) is 0 Å². The Hall–Kier alpha value is 0.350. The molecule has 7 heavy (non-hydrogen) atoms. The highest BCUT2D eigenvalue weighted by molar-refractivity contribution is 8.47. The van der Waals surface area contributed by atoms with E-state index >= 15 is 0 Å². The normalized spacial score (nSPS) is 73.4. The summed E-state index contributed by atoms with van der Waals surface area (Å²) in [6.07, 6.45) is 3.97. The Morgan fingerprint density at radius 3 is 2.00 bits per heavy atom. The predicted octanol–water partition coefficient (Wildman–Crippen LogP) is 1.60. The first kappa shape index (κ1) is 4.25. The van der Waals surface area contributed by atoms with Crippen LogP contribution in [-0.2, 0) is 0 Å². The fourth-order valence-corrected chi connectivity index (χ4v) is 6.04. The third-order valence-corrected chi connectivity index (χ3v) is 7.03. The summed E-state index contributed by atoms with van der Waals surface area (Å²) in [5.41, 5.74) is 0. The van der Waals surface area contributed by atoms with Crippen LogP contribution in [0.5, 0.6) is 0 Å². The van der Waals surface area contributed by atoms with E-state index < -0.39 is 0 Å². The van der Waals surface area contributed by atoms with Crippen LogP contribution in [0, 0.1) is 0 Å². The molecule has 0 aliphatic carbocycles. The van der Waals surface area contributed by atoms with Crippen LogP contribution < -0.4 is 0 Å². The molecule has 0 saturated carbocycles. The number of rotatable bonds is 1. The van der Waals surface area contributed by atoms with E-state index in [9.17, 15) is 0 Å². The molecule has 2 saturated heterocycles. The lowest BCUT2D eigenvalue weighted by molar-refractivity contribution is 0.805. The van der Waals surface area contributed by atoms with Crippen molar-refractivity contribution in [2.45, 2.75) is 18.1 Å². The summed E-state index contributed by atoms with van der Waals surface area (Å²) in [6, 6.07) is 0. The molecule has 0 radical (unpaired) electrons. The van der Waals surface area contributed by atoms with Gasteiger partial charge in [-0.1, -0.05) is 6.92 Å². The lowest BCUT2D eigenvalue weighted by atomic mass is 10.2. The summed E-state index contributed by atoms with van der Waals surface area (Å²) in [5, 5.41) is 0. The first-order valence-corrected chi connectivity index (χ1v) is 5.34. The summed E-state index contributed by atoms with van der Waals surface area (Å²) < 4.78 is 0.979. The molecule has 0 spiro atoms. The molecule has 0 N–H and O–H groups in total. The first-order chi connectivity index (χ1) is 3.22. The molecular formula is C6H12S. The van der Waals surface area contributed by atoms with E-state index in [2.05, 4.69) is 13.2 Å². The molecule has 2 aliphatic heterocycles. The second-order valence-corrected chi connectivity index (χ2v) is 7.09. The maximum Gasteiger partial charge on any atom is 0.0151 e. The summed E-state index contributed by atoms with van der Waals surface area (Å²) >= 11 is 0. The predicted molar refractivity (Wildman–Crippen MR) is 36.3 cm³/mol. The minimum absolute atomic E-state index is 0.138. The van der Waals surface area contributed by atoms with Crippen LogP contribution in [-0.4, -0.2) is 22.5 Å². The molecule has 0 bridgehead atoms. The van der Waals surface area contributed by atoms with Gasteiger partial charge in [0.05, 0.1) is 0 Å². The highest BCUT2D eigenvalue weighted by atomic mass is 32.3. The standard InChI is InChI=1S/C6H12S/c1-3-6-4-7(6,2)5-6/h3-5H2,1-2H3. The topological polar surface area (TPSA) is 0 Å². The second-order valence-electron chi connectivity index (χ2n) is 3.10. The van der Waals surface area contributed by atoms with Gasteiger partial charge in [-0.25, -0.2) is 10.0 Å². The molecule has 42 valence electrons. The summed E-state index contributed by atoms with van der Waals surface area (Å²) in [4.78, 5) is 0. The van der Waals surface area contributed by atoms with Gasteiger partial charge in [-0.15, -0.1) is 0 Å². The van der Waals surface area contributed by atoms with Crippen LogP contribution in [0.4, 0.5) is 0 Å². The minimum Gasteiger partial charge on any atom is -0.234 e. The highest BCUT2D eigenvalue weighted by Crippen LogP contribution is 2.92. The van der Waals surface area contributed by atoms with Gasteiger partial charge in [-0.3, -0.25) is 0 Å². The van der Waals surface area contributed by atoms with Crippen molar-refractivity contribution in [1.82, 2.24) is 0 Å². The SMILES string of the molecule is CCC12CS1(C)C2. The smallest absolute Gasteiger partial charge is 0.0151 e. The highest BCUT2D eigenvalue weighted by Gasteiger charge is 2.74. The van der Waals surface area contributed by atoms with Crippen LogP contribution in [0.15, 0.2) is 0 Å². The Labute approximate surface area is 46.6 Å². The third-order valence-electron chi connectivity index (χ3n) is 2.68. The van der Waals surface area contributed by atoms with E-state index in [1.807, 2.05) is 0 Å². The van der Waals surface area contributed by atoms with E-state index in [1.165, 1.54) is 6.42 Å². The molecule has 0 amide bonds. The van der Waals surface area contributed by atoms with Gasteiger partial charge < -0.3 is 0 Å². The van der Waals surface area contributed by atoms with Crippen LogP contribution in [0.3, 0.4) is 0 Å². The zero-order chi connectivity index (χ0) is 5.12. The molecular weight excluding hydrogens is 104 g/mol. The fourth-order valence-electron chi connectivity index (χ4n) is 1.61. The Balaban J connectivity index is 2.14. The monoisotopic (exact) mass is 116 g/mol. The molecule has 0 aromatic rings. The van der Waals surface area contributed by atoms with Gasteiger partial charge in [0.2, 0.25) is 0 Å². The molecule has 0 nitrogen and oxygen atoms in total. The van der Waals surface area contributed by atoms with Gasteiger partial charge >= 0.3 is 0 Å². The molecule has 2 rings (SSSR count). The Bertz CT molecular complexity index is 106. The summed E-state index contributed by atoms with van der Waals surface area (Å²) in [7, 11) is 0.138. The first-order valence-electron chi connectivity index (χ1n) is 2.96. The van der Waals surface area contributed by atoms with Crippen molar-refractivity contribution < 1.29 is 0 Å². The van der Waals surface area contributed by atoms with Crippen molar-refractivity contribution in [2.75, 3.05) is 17.8 Å². The lowest BCUT2D eigenvalue weighted by Crippen LogP contribution is -1.97. The maximum atomic E-state index is 2.50. The van der Waals surface area contributed by atoms with E-state index in [4.69, 9.17) is 0 Å². The molecule has 0 unspecified atom stereocenters. The third kappa shape index (κ3) is 0.290. The Morgan fingerprint density at radius 1 is 1.57 bits per heavy atom. The average molecular weight is 116 g/mol. The molecule has 0 aromatic heterocycles. The Kier molecular flexibility index (Phi) is 0.468.